The van der Waals surface area contributed by atoms with Crippen molar-refractivity contribution < 1.29 is 17.5 Å². The number of nitrogens with one attached hydrogen (secondary N) is 1. The Balaban J connectivity index is 1.43. The quantitative estimate of drug-likeness (QED) is 0.394. The zero-order valence-electron chi connectivity index (χ0n) is 17.9. The molecule has 2 unspecified atom stereocenters. The number of ether oxygens (including phenoxy) is 1. The first kappa shape index (κ1) is 21.5. The lowest BCUT2D eigenvalue weighted by molar-refractivity contribution is 0.173. The lowest BCUT2D eigenvalue weighted by Crippen LogP contribution is -2.40. The number of rotatable bonds is 8. The third-order valence-electron chi connectivity index (χ3n) is 5.65. The van der Waals surface area contributed by atoms with Crippen LogP contribution >= 0.6 is 0 Å². The molecule has 1 N–H and O–H groups in total. The molecule has 9 heteroatoms. The van der Waals surface area contributed by atoms with E-state index in [1.807, 2.05) is 55.5 Å². The number of halogens is 1. The van der Waals surface area contributed by atoms with Gasteiger partial charge >= 0.3 is 0 Å². The monoisotopic (exact) mass is 466 g/mol. The molecule has 0 radical (unpaired) electrons. The van der Waals surface area contributed by atoms with Crippen LogP contribution in [0.5, 0.6) is 5.75 Å². The van der Waals surface area contributed by atoms with Gasteiger partial charge in [0.1, 0.15) is 11.9 Å². The zero-order valence-corrected chi connectivity index (χ0v) is 18.7. The lowest BCUT2D eigenvalue weighted by atomic mass is 10.0. The second-order valence-corrected chi connectivity index (χ2v) is 10.2. The van der Waals surface area contributed by atoms with Gasteiger partial charge in [0, 0.05) is 5.39 Å². The Morgan fingerprint density at radius 1 is 1.09 bits per heavy atom. The molecule has 2 atom stereocenters. The molecule has 170 valence electrons. The predicted octanol–water partition coefficient (Wildman–Crippen LogP) is 4.15. The molecule has 0 spiro atoms. The molecule has 0 saturated heterocycles. The van der Waals surface area contributed by atoms with Gasteiger partial charge in [0.2, 0.25) is 16.0 Å². The van der Waals surface area contributed by atoms with Gasteiger partial charge in [-0.1, -0.05) is 30.3 Å². The van der Waals surface area contributed by atoms with E-state index in [4.69, 9.17) is 4.74 Å². The van der Waals surface area contributed by atoms with Crippen LogP contribution in [0.1, 0.15) is 31.4 Å². The average molecular weight is 467 g/mol. The topological polar surface area (TPSA) is 86.1 Å². The molecular formula is C24H23FN4O3S. The largest absolute Gasteiger partial charge is 0.484 e. The zero-order chi connectivity index (χ0) is 23.0. The molecule has 1 saturated carbocycles. The number of aromatic nitrogens is 3. The van der Waals surface area contributed by atoms with Crippen molar-refractivity contribution in [3.05, 3.63) is 84.6 Å². The highest BCUT2D eigenvalue weighted by molar-refractivity contribution is 7.90. The fraction of sp³-hybridized carbons (Fsp3) is 0.250. The summed E-state index contributed by atoms with van der Waals surface area (Å²) in [7, 11) is -3.37. The third-order valence-corrected chi connectivity index (χ3v) is 7.70. The molecule has 4 aromatic rings. The van der Waals surface area contributed by atoms with E-state index in [9.17, 15) is 12.8 Å². The van der Waals surface area contributed by atoms with Gasteiger partial charge in [-0.05, 0) is 55.7 Å². The molecule has 33 heavy (non-hydrogen) atoms. The minimum Gasteiger partial charge on any atom is -0.484 e. The number of fused-ring (bicyclic) bond motifs is 1. The van der Waals surface area contributed by atoms with E-state index in [0.29, 0.717) is 24.3 Å². The van der Waals surface area contributed by atoms with E-state index in [-0.39, 0.29) is 5.25 Å². The highest BCUT2D eigenvalue weighted by atomic mass is 32.2. The van der Waals surface area contributed by atoms with E-state index < -0.39 is 28.1 Å². The SMILES string of the molecule is CC(NS(=O)(=O)C1CC1)C(Oc1ccc2c(cnn2-c2ccc(F)nc2)c1)c1ccccc1. The predicted molar refractivity (Wildman–Crippen MR) is 123 cm³/mol. The van der Waals surface area contributed by atoms with Crippen molar-refractivity contribution in [2.45, 2.75) is 37.2 Å². The number of sulfonamides is 1. The normalized spacial score (nSPS) is 15.9. The van der Waals surface area contributed by atoms with E-state index in [1.54, 1.807) is 16.9 Å². The van der Waals surface area contributed by atoms with Crippen molar-refractivity contribution in [2.75, 3.05) is 0 Å². The molecule has 5 rings (SSSR count). The summed E-state index contributed by atoms with van der Waals surface area (Å²) in [5, 5.41) is 4.91. The van der Waals surface area contributed by atoms with Crippen LogP contribution in [-0.4, -0.2) is 34.5 Å². The van der Waals surface area contributed by atoms with Gasteiger partial charge in [0.05, 0.1) is 34.9 Å². The maximum Gasteiger partial charge on any atom is 0.214 e. The lowest BCUT2D eigenvalue weighted by Gasteiger charge is -2.26. The van der Waals surface area contributed by atoms with Crippen molar-refractivity contribution in [1.29, 1.82) is 0 Å². The molecule has 2 aromatic heterocycles. The highest BCUT2D eigenvalue weighted by Gasteiger charge is 2.38. The summed E-state index contributed by atoms with van der Waals surface area (Å²) in [6.45, 7) is 1.82. The summed E-state index contributed by atoms with van der Waals surface area (Å²) in [4.78, 5) is 3.69. The first-order valence-corrected chi connectivity index (χ1v) is 12.3. The molecule has 0 aliphatic heterocycles. The van der Waals surface area contributed by atoms with E-state index >= 15 is 0 Å². The van der Waals surface area contributed by atoms with Gasteiger partial charge in [-0.15, -0.1) is 0 Å². The van der Waals surface area contributed by atoms with Gasteiger partial charge in [0.25, 0.3) is 0 Å². The minimum absolute atomic E-state index is 0.306. The standard InChI is InChI=1S/C24H23FN4O3S/c1-16(28-33(30,31)21-9-10-21)24(17-5-3-2-4-6-17)32-20-8-11-22-18(13-20)14-27-29(22)19-7-12-23(25)26-15-19/h2-8,11-16,21,24,28H,9-10H2,1H3. The van der Waals surface area contributed by atoms with E-state index in [1.165, 1.54) is 12.3 Å². The second-order valence-electron chi connectivity index (χ2n) is 8.22. The summed E-state index contributed by atoms with van der Waals surface area (Å²) in [6, 6.07) is 17.5. The molecular weight excluding hydrogens is 443 g/mol. The summed E-state index contributed by atoms with van der Waals surface area (Å²) >= 11 is 0. The van der Waals surface area contributed by atoms with Crippen LogP contribution < -0.4 is 9.46 Å². The Hall–Kier alpha value is -3.30. The van der Waals surface area contributed by atoms with Crippen LogP contribution in [0.2, 0.25) is 0 Å². The van der Waals surface area contributed by atoms with Gasteiger partial charge in [-0.25, -0.2) is 22.8 Å². The maximum absolute atomic E-state index is 13.2. The number of nitrogens with zero attached hydrogens (tertiary/aromatic N) is 3. The summed E-state index contributed by atoms with van der Waals surface area (Å²) in [6.07, 6.45) is 3.99. The summed E-state index contributed by atoms with van der Waals surface area (Å²) < 4.78 is 49.0. The minimum atomic E-state index is -3.37. The molecule has 7 nitrogen and oxygen atoms in total. The van der Waals surface area contributed by atoms with Crippen LogP contribution in [0, 0.1) is 5.95 Å². The summed E-state index contributed by atoms with van der Waals surface area (Å²) in [5.74, 6) is 0.0369. The molecule has 2 aromatic carbocycles. The van der Waals surface area contributed by atoms with Gasteiger partial charge < -0.3 is 4.74 Å². The number of hydrogen-bond acceptors (Lipinski definition) is 5. The molecule has 1 aliphatic rings. The van der Waals surface area contributed by atoms with E-state index in [0.717, 1.165) is 16.5 Å². The number of benzene rings is 2. The smallest absolute Gasteiger partial charge is 0.214 e. The fourth-order valence-electron chi connectivity index (χ4n) is 3.83. The van der Waals surface area contributed by atoms with Gasteiger partial charge in [-0.3, -0.25) is 0 Å². The van der Waals surface area contributed by atoms with E-state index in [2.05, 4.69) is 14.8 Å². The maximum atomic E-state index is 13.2. The fourth-order valence-corrected chi connectivity index (χ4v) is 5.42. The van der Waals surface area contributed by atoms with Crippen LogP contribution in [0.15, 0.2) is 73.1 Å². The van der Waals surface area contributed by atoms with Gasteiger partial charge in [0.15, 0.2) is 0 Å². The molecule has 1 aliphatic carbocycles. The first-order chi connectivity index (χ1) is 15.9. The van der Waals surface area contributed by atoms with Crippen molar-refractivity contribution in [1.82, 2.24) is 19.5 Å². The van der Waals surface area contributed by atoms with Crippen molar-refractivity contribution >= 4 is 20.9 Å². The molecule has 1 fully saturated rings. The molecule has 2 heterocycles. The Morgan fingerprint density at radius 2 is 1.88 bits per heavy atom. The Bertz CT molecular complexity index is 1370. The highest BCUT2D eigenvalue weighted by Crippen LogP contribution is 2.31. The Morgan fingerprint density at radius 3 is 2.58 bits per heavy atom. The first-order valence-electron chi connectivity index (χ1n) is 10.7. The van der Waals surface area contributed by atoms with Crippen LogP contribution in [0.4, 0.5) is 4.39 Å². The molecule has 0 bridgehead atoms. The van der Waals surface area contributed by atoms with Crippen molar-refractivity contribution in [3.63, 3.8) is 0 Å². The number of hydrogen-bond donors (Lipinski definition) is 1. The van der Waals surface area contributed by atoms with Crippen LogP contribution in [-0.2, 0) is 10.0 Å². The Kier molecular flexibility index (Phi) is 5.59. The van der Waals surface area contributed by atoms with Crippen molar-refractivity contribution in [2.24, 2.45) is 0 Å². The number of pyridine rings is 1. The Labute approximate surface area is 191 Å². The summed E-state index contributed by atoms with van der Waals surface area (Å²) in [5.41, 5.74) is 2.33. The molecule has 0 amide bonds. The third kappa shape index (κ3) is 4.60. The van der Waals surface area contributed by atoms with Crippen LogP contribution in [0.25, 0.3) is 16.6 Å². The average Bonchev–Trinajstić information content (AvgIpc) is 3.60. The van der Waals surface area contributed by atoms with Gasteiger partial charge in [-0.2, -0.15) is 9.49 Å². The van der Waals surface area contributed by atoms with Crippen LogP contribution in [0.3, 0.4) is 0 Å². The van der Waals surface area contributed by atoms with Crippen molar-refractivity contribution in [3.8, 4) is 11.4 Å². The second kappa shape index (κ2) is 8.57.